The van der Waals surface area contributed by atoms with E-state index in [9.17, 15) is 49.2 Å². The van der Waals surface area contributed by atoms with Crippen molar-refractivity contribution in [3.63, 3.8) is 0 Å². The van der Waals surface area contributed by atoms with Crippen LogP contribution < -0.4 is 21.8 Å². The smallest absolute Gasteiger partial charge is 0.328 e. The van der Waals surface area contributed by atoms with Crippen molar-refractivity contribution in [3.8, 4) is 11.5 Å². The van der Waals surface area contributed by atoms with E-state index in [-0.39, 0.29) is 22.6 Å². The van der Waals surface area contributed by atoms with Crippen molar-refractivity contribution in [2.24, 2.45) is 0 Å². The lowest BCUT2D eigenvalue weighted by atomic mass is 9.97. The SMILES string of the molecule is CCc1cc2c(cc1CC)CC(NC[C@H](O)c1ccc(O)c3[nH]c(=O)ccc13)C2.CCc1cc2c(cc1CC)CC(NC[C@H](O)c1ccc(O)c3[nH]c(=O)ccc13)C2.O=C(O)/C=C\C(=O)O.O=C(O)/C=C\C(=O)O. The summed E-state index contributed by atoms with van der Waals surface area (Å²) in [5.41, 5.74) is 13.0. The van der Waals surface area contributed by atoms with E-state index in [1.807, 2.05) is 0 Å². The first-order valence-corrected chi connectivity index (χ1v) is 24.3. The average molecular weight is 1020 g/mol. The molecule has 0 bridgehead atoms. The third-order valence-corrected chi connectivity index (χ3v) is 12.9. The third kappa shape index (κ3) is 15.6. The van der Waals surface area contributed by atoms with Crippen molar-refractivity contribution < 1.29 is 60.0 Å². The number of hydrogen-bond acceptors (Lipinski definition) is 12. The number of aliphatic carboxylic acids is 4. The van der Waals surface area contributed by atoms with Gasteiger partial charge in [-0.1, -0.05) is 64.1 Å². The minimum Gasteiger partial charge on any atom is -0.506 e. The van der Waals surface area contributed by atoms with Crippen molar-refractivity contribution in [3.05, 3.63) is 173 Å². The zero-order valence-electron chi connectivity index (χ0n) is 41.6. The number of fused-ring (bicyclic) bond motifs is 4. The fourth-order valence-electron chi connectivity index (χ4n) is 9.31. The summed E-state index contributed by atoms with van der Waals surface area (Å²) in [4.78, 5) is 66.7. The van der Waals surface area contributed by atoms with Crippen molar-refractivity contribution in [1.82, 2.24) is 20.6 Å². The van der Waals surface area contributed by atoms with E-state index >= 15 is 0 Å². The normalized spacial score (nSPS) is 13.8. The van der Waals surface area contributed by atoms with Gasteiger partial charge in [0.05, 0.1) is 23.2 Å². The molecule has 392 valence electrons. The number of pyridine rings is 2. The molecule has 0 saturated carbocycles. The van der Waals surface area contributed by atoms with Crippen LogP contribution in [0.3, 0.4) is 0 Å². The van der Waals surface area contributed by atoms with E-state index in [0.29, 0.717) is 82.4 Å². The van der Waals surface area contributed by atoms with Crippen LogP contribution in [0.4, 0.5) is 0 Å². The molecule has 2 atom stereocenters. The van der Waals surface area contributed by atoms with Crippen LogP contribution in [0.1, 0.15) is 95.5 Å². The Labute approximate surface area is 426 Å². The van der Waals surface area contributed by atoms with Crippen molar-refractivity contribution in [1.29, 1.82) is 0 Å². The number of phenols is 2. The number of carboxylic acid groups (broad SMARTS) is 4. The highest BCUT2D eigenvalue weighted by atomic mass is 16.4. The minimum absolute atomic E-state index is 0.00584. The quantitative estimate of drug-likeness (QED) is 0.0516. The van der Waals surface area contributed by atoms with Gasteiger partial charge in [0.15, 0.2) is 0 Å². The number of benzene rings is 4. The van der Waals surface area contributed by atoms with Crippen LogP contribution in [0.25, 0.3) is 21.8 Å². The van der Waals surface area contributed by atoms with E-state index in [1.165, 1.54) is 68.8 Å². The van der Waals surface area contributed by atoms with Crippen LogP contribution in [0.5, 0.6) is 11.5 Å². The number of nitrogens with one attached hydrogen (secondary N) is 4. The van der Waals surface area contributed by atoms with Gasteiger partial charge in [-0.2, -0.15) is 0 Å². The number of hydrogen-bond donors (Lipinski definition) is 12. The largest absolute Gasteiger partial charge is 0.506 e. The van der Waals surface area contributed by atoms with Crippen LogP contribution in [0.15, 0.2) is 107 Å². The summed E-state index contributed by atoms with van der Waals surface area (Å²) in [5.74, 6) is -5.02. The van der Waals surface area contributed by atoms with Crippen molar-refractivity contribution in [2.75, 3.05) is 13.1 Å². The molecule has 0 saturated heterocycles. The van der Waals surface area contributed by atoms with Gasteiger partial charge in [-0.05, 0) is 131 Å². The lowest BCUT2D eigenvalue weighted by Crippen LogP contribution is -2.33. The molecule has 2 heterocycles. The number of phenolic OH excluding ortho intramolecular Hbond substituents is 2. The second-order valence-electron chi connectivity index (χ2n) is 17.8. The number of aromatic nitrogens is 2. The lowest BCUT2D eigenvalue weighted by Gasteiger charge is -2.18. The zero-order chi connectivity index (χ0) is 54.2. The second-order valence-corrected chi connectivity index (χ2v) is 17.8. The first kappa shape index (κ1) is 57.0. The molecule has 8 rings (SSSR count). The summed E-state index contributed by atoms with van der Waals surface area (Å²) < 4.78 is 0. The fraction of sp³-hybridized carbons (Fsp3) is 0.321. The molecule has 0 spiro atoms. The number of carboxylic acids is 4. The lowest BCUT2D eigenvalue weighted by molar-refractivity contribution is -0.134. The molecule has 12 N–H and O–H groups in total. The molecule has 6 aromatic rings. The Morgan fingerprint density at radius 3 is 1.04 bits per heavy atom. The number of H-pyrrole nitrogens is 2. The molecule has 4 aromatic carbocycles. The summed E-state index contributed by atoms with van der Waals surface area (Å²) in [5, 5.41) is 81.2. The first-order chi connectivity index (χ1) is 35.2. The van der Waals surface area contributed by atoms with E-state index in [1.54, 1.807) is 24.3 Å². The number of carbonyl (C=O) groups is 4. The monoisotopic (exact) mass is 1020 g/mol. The Morgan fingerprint density at radius 1 is 0.500 bits per heavy atom. The standard InChI is InChI=1S/2C24H28N2O3.2C4H4O4/c2*1-3-14-9-16-11-18(12-17(16)10-15(14)4-2)25-13-22(28)19-5-7-21(27)24-20(19)6-8-23(29)26-24;2*5-3(6)1-2-4(7)8/h2*5-10,18,22,25,27-28H,3-4,11-13H2,1-2H3,(H,26,29);2*1-2H,(H,5,6)(H,7,8)/b;;2*2-1-/t2*22-;;/m00../s1. The average Bonchev–Trinajstić information content (AvgIpc) is 3.98. The van der Waals surface area contributed by atoms with Gasteiger partial charge < -0.3 is 61.5 Å². The molecular formula is C56H64N4O14. The molecule has 0 unspecified atom stereocenters. The molecule has 0 radical (unpaired) electrons. The van der Waals surface area contributed by atoms with E-state index < -0.39 is 36.1 Å². The van der Waals surface area contributed by atoms with Gasteiger partial charge in [-0.3, -0.25) is 9.59 Å². The Balaban J connectivity index is 0.000000212. The Hall–Kier alpha value is -7.90. The Kier molecular flexibility index (Phi) is 20.6. The Bertz CT molecular complexity index is 2870. The maximum atomic E-state index is 11.6. The Morgan fingerprint density at radius 2 is 0.784 bits per heavy atom. The summed E-state index contributed by atoms with van der Waals surface area (Å²) in [6.07, 6.45) is 8.90. The van der Waals surface area contributed by atoms with Crippen LogP contribution >= 0.6 is 0 Å². The van der Waals surface area contributed by atoms with Crippen LogP contribution in [0.2, 0.25) is 0 Å². The highest BCUT2D eigenvalue weighted by Crippen LogP contribution is 2.32. The van der Waals surface area contributed by atoms with E-state index in [4.69, 9.17) is 20.4 Å². The highest BCUT2D eigenvalue weighted by Gasteiger charge is 2.26. The summed E-state index contributed by atoms with van der Waals surface area (Å²) in [7, 11) is 0. The van der Waals surface area contributed by atoms with E-state index in [2.05, 4.69) is 72.6 Å². The molecule has 74 heavy (non-hydrogen) atoms. The third-order valence-electron chi connectivity index (χ3n) is 12.9. The van der Waals surface area contributed by atoms with Gasteiger partial charge >= 0.3 is 23.9 Å². The van der Waals surface area contributed by atoms with Crippen molar-refractivity contribution >= 4 is 45.7 Å². The van der Waals surface area contributed by atoms with Gasteiger partial charge in [0.25, 0.3) is 0 Å². The molecule has 0 fully saturated rings. The van der Waals surface area contributed by atoms with E-state index in [0.717, 1.165) is 51.4 Å². The number of rotatable bonds is 16. The maximum absolute atomic E-state index is 11.6. The summed E-state index contributed by atoms with van der Waals surface area (Å²) >= 11 is 0. The number of aromatic amines is 2. The molecule has 0 amide bonds. The molecule has 2 aromatic heterocycles. The van der Waals surface area contributed by atoms with Gasteiger partial charge in [-0.25, -0.2) is 19.2 Å². The maximum Gasteiger partial charge on any atom is 0.328 e. The number of aliphatic hydroxyl groups is 2. The van der Waals surface area contributed by atoms with Gasteiger partial charge in [0.2, 0.25) is 11.1 Å². The predicted molar refractivity (Wildman–Crippen MR) is 280 cm³/mol. The van der Waals surface area contributed by atoms with Gasteiger partial charge in [-0.15, -0.1) is 0 Å². The molecule has 0 aliphatic heterocycles. The molecular weight excluding hydrogens is 953 g/mol. The topological polar surface area (TPSA) is 320 Å². The molecule has 2 aliphatic carbocycles. The fourth-order valence-corrected chi connectivity index (χ4v) is 9.31. The minimum atomic E-state index is -1.26. The zero-order valence-corrected chi connectivity index (χ0v) is 41.6. The number of aliphatic hydroxyl groups excluding tert-OH is 2. The molecule has 18 nitrogen and oxygen atoms in total. The predicted octanol–water partition coefficient (Wildman–Crippen LogP) is 5.72. The number of aryl methyl sites for hydroxylation is 4. The van der Waals surface area contributed by atoms with Crippen LogP contribution in [-0.4, -0.2) is 99.9 Å². The van der Waals surface area contributed by atoms with Crippen LogP contribution in [-0.2, 0) is 70.5 Å². The first-order valence-electron chi connectivity index (χ1n) is 24.3. The highest BCUT2D eigenvalue weighted by molar-refractivity contribution is 5.90. The molecule has 18 heteroatoms. The van der Waals surface area contributed by atoms with Crippen molar-refractivity contribution in [2.45, 2.75) is 103 Å². The summed E-state index contributed by atoms with van der Waals surface area (Å²) in [6, 6.07) is 22.6. The molecule has 2 aliphatic rings. The van der Waals surface area contributed by atoms with Gasteiger partial charge in [0, 0.05) is 72.4 Å². The van der Waals surface area contributed by atoms with Gasteiger partial charge in [0.1, 0.15) is 11.5 Å². The number of aromatic hydroxyl groups is 2. The second kappa shape index (κ2) is 26.7. The summed E-state index contributed by atoms with van der Waals surface area (Å²) in [6.45, 7) is 9.65. The van der Waals surface area contributed by atoms with Crippen LogP contribution in [0, 0.1) is 0 Å².